The Bertz CT molecular complexity index is 321. The van der Waals surface area contributed by atoms with Gasteiger partial charge in [-0.3, -0.25) is 5.01 Å². The third-order valence-electron chi connectivity index (χ3n) is 2.31. The highest BCUT2D eigenvalue weighted by molar-refractivity contribution is 5.51. The highest BCUT2D eigenvalue weighted by atomic mass is 15.5. The van der Waals surface area contributed by atoms with Gasteiger partial charge in [-0.05, 0) is 5.92 Å². The fourth-order valence-electron chi connectivity index (χ4n) is 1.64. The van der Waals surface area contributed by atoms with Crippen LogP contribution in [0.1, 0.15) is 31.0 Å². The maximum absolute atomic E-state index is 4.31. The van der Waals surface area contributed by atoms with Crippen LogP contribution in [-0.2, 0) is 6.54 Å². The Kier molecular flexibility index (Phi) is 1.92. The summed E-state index contributed by atoms with van der Waals surface area (Å²) in [4.78, 5) is 8.54. The molecule has 0 spiro atoms. The second-order valence-electron chi connectivity index (χ2n) is 3.61. The lowest BCUT2D eigenvalue weighted by Crippen LogP contribution is -2.27. The van der Waals surface area contributed by atoms with Crippen molar-refractivity contribution in [3.8, 4) is 0 Å². The van der Waals surface area contributed by atoms with E-state index in [-0.39, 0.29) is 0 Å². The topological polar surface area (TPSA) is 41.1 Å². The van der Waals surface area contributed by atoms with Gasteiger partial charge in [-0.2, -0.15) is 0 Å². The largest absolute Gasteiger partial charge is 0.295 e. The molecule has 0 radical (unpaired) electrons. The predicted octanol–water partition coefficient (Wildman–Crippen LogP) is 1.05. The van der Waals surface area contributed by atoms with Crippen LogP contribution < -0.4 is 10.4 Å². The van der Waals surface area contributed by atoms with E-state index >= 15 is 0 Å². The summed E-state index contributed by atoms with van der Waals surface area (Å²) in [7, 11) is 1.98. The van der Waals surface area contributed by atoms with Gasteiger partial charge in [0, 0.05) is 19.2 Å². The molecular weight excluding hydrogens is 164 g/mol. The molecule has 0 saturated carbocycles. The Labute approximate surface area is 78.0 Å². The molecule has 2 rings (SSSR count). The maximum atomic E-state index is 4.31. The van der Waals surface area contributed by atoms with E-state index in [1.165, 1.54) is 5.56 Å². The summed E-state index contributed by atoms with van der Waals surface area (Å²) >= 11 is 0. The van der Waals surface area contributed by atoms with E-state index in [0.29, 0.717) is 5.92 Å². The Morgan fingerprint density at radius 1 is 1.46 bits per heavy atom. The number of aromatic nitrogens is 2. The summed E-state index contributed by atoms with van der Waals surface area (Å²) in [5.41, 5.74) is 5.60. The van der Waals surface area contributed by atoms with Gasteiger partial charge in [0.25, 0.3) is 0 Å². The van der Waals surface area contributed by atoms with Gasteiger partial charge in [-0.1, -0.05) is 13.8 Å². The number of hydrogen-bond donors (Lipinski definition) is 1. The SMILES string of the molecule is CC(C)c1ncnc2c1CNN2C. The predicted molar refractivity (Wildman–Crippen MR) is 51.4 cm³/mol. The lowest BCUT2D eigenvalue weighted by molar-refractivity contribution is 0.721. The average Bonchev–Trinajstić information content (AvgIpc) is 2.48. The molecule has 0 unspecified atom stereocenters. The minimum absolute atomic E-state index is 0.463. The molecule has 0 bridgehead atoms. The fraction of sp³-hybridized carbons (Fsp3) is 0.556. The van der Waals surface area contributed by atoms with Crippen molar-refractivity contribution in [1.82, 2.24) is 15.4 Å². The number of hydrogen-bond acceptors (Lipinski definition) is 4. The molecule has 0 saturated heterocycles. The molecule has 4 nitrogen and oxygen atoms in total. The lowest BCUT2D eigenvalue weighted by Gasteiger charge is -2.11. The zero-order valence-electron chi connectivity index (χ0n) is 8.20. The van der Waals surface area contributed by atoms with Gasteiger partial charge in [0.15, 0.2) is 5.82 Å². The molecule has 0 fully saturated rings. The number of anilines is 1. The normalized spacial score (nSPS) is 15.2. The van der Waals surface area contributed by atoms with Crippen molar-refractivity contribution in [1.29, 1.82) is 0 Å². The first-order chi connectivity index (χ1) is 6.20. The van der Waals surface area contributed by atoms with Gasteiger partial charge >= 0.3 is 0 Å². The zero-order chi connectivity index (χ0) is 9.42. The van der Waals surface area contributed by atoms with Crippen molar-refractivity contribution in [3.05, 3.63) is 17.6 Å². The molecule has 1 aromatic rings. The smallest absolute Gasteiger partial charge is 0.150 e. The first-order valence-electron chi connectivity index (χ1n) is 4.51. The molecule has 0 amide bonds. The van der Waals surface area contributed by atoms with Crippen molar-refractivity contribution >= 4 is 5.82 Å². The maximum Gasteiger partial charge on any atom is 0.150 e. The first kappa shape index (κ1) is 8.44. The molecular formula is C9H14N4. The number of nitrogens with one attached hydrogen (secondary N) is 1. The van der Waals surface area contributed by atoms with E-state index in [9.17, 15) is 0 Å². The van der Waals surface area contributed by atoms with Crippen molar-refractivity contribution < 1.29 is 0 Å². The number of nitrogens with zero attached hydrogens (tertiary/aromatic N) is 3. The van der Waals surface area contributed by atoms with E-state index < -0.39 is 0 Å². The minimum Gasteiger partial charge on any atom is -0.295 e. The van der Waals surface area contributed by atoms with Gasteiger partial charge in [0.2, 0.25) is 0 Å². The Morgan fingerprint density at radius 3 is 2.92 bits per heavy atom. The fourth-order valence-corrected chi connectivity index (χ4v) is 1.64. The summed E-state index contributed by atoms with van der Waals surface area (Å²) in [5.74, 6) is 1.48. The molecule has 1 aliphatic rings. The Balaban J connectivity index is 2.51. The van der Waals surface area contributed by atoms with E-state index in [2.05, 4.69) is 29.2 Å². The van der Waals surface area contributed by atoms with Crippen LogP contribution in [0.15, 0.2) is 6.33 Å². The third kappa shape index (κ3) is 1.27. The summed E-state index contributed by atoms with van der Waals surface area (Å²) < 4.78 is 0. The second-order valence-corrected chi connectivity index (χ2v) is 3.61. The van der Waals surface area contributed by atoms with Gasteiger partial charge in [-0.15, -0.1) is 0 Å². The van der Waals surface area contributed by atoms with E-state index in [1.807, 2.05) is 12.1 Å². The van der Waals surface area contributed by atoms with Gasteiger partial charge in [0.05, 0.1) is 5.69 Å². The molecule has 13 heavy (non-hydrogen) atoms. The molecule has 1 N–H and O–H groups in total. The van der Waals surface area contributed by atoms with Gasteiger partial charge < -0.3 is 0 Å². The highest BCUT2D eigenvalue weighted by Gasteiger charge is 2.21. The number of rotatable bonds is 1. The molecule has 2 heterocycles. The molecule has 1 aromatic heterocycles. The van der Waals surface area contributed by atoms with Crippen LogP contribution in [0.3, 0.4) is 0 Å². The summed E-state index contributed by atoms with van der Waals surface area (Å²) in [6.45, 7) is 5.15. The van der Waals surface area contributed by atoms with Crippen molar-refractivity contribution in [3.63, 3.8) is 0 Å². The quantitative estimate of drug-likeness (QED) is 0.698. The number of fused-ring (bicyclic) bond motifs is 1. The van der Waals surface area contributed by atoms with Crippen LogP contribution in [0, 0.1) is 0 Å². The minimum atomic E-state index is 0.463. The average molecular weight is 178 g/mol. The van der Waals surface area contributed by atoms with E-state index in [1.54, 1.807) is 6.33 Å². The Morgan fingerprint density at radius 2 is 2.23 bits per heavy atom. The van der Waals surface area contributed by atoms with Crippen LogP contribution in [0.5, 0.6) is 0 Å². The zero-order valence-corrected chi connectivity index (χ0v) is 8.20. The molecule has 4 heteroatoms. The van der Waals surface area contributed by atoms with Crippen LogP contribution >= 0.6 is 0 Å². The molecule has 70 valence electrons. The van der Waals surface area contributed by atoms with Crippen LogP contribution in [-0.4, -0.2) is 17.0 Å². The summed E-state index contributed by atoms with van der Waals surface area (Å²) in [6.07, 6.45) is 1.64. The monoisotopic (exact) mass is 178 g/mol. The van der Waals surface area contributed by atoms with Crippen LogP contribution in [0.2, 0.25) is 0 Å². The standard InChI is InChI=1S/C9H14N4/c1-6(2)8-7-4-12-13(3)9(7)11-5-10-8/h5-6,12H,4H2,1-3H3. The highest BCUT2D eigenvalue weighted by Crippen LogP contribution is 2.26. The van der Waals surface area contributed by atoms with Gasteiger partial charge in [-0.25, -0.2) is 15.4 Å². The summed E-state index contributed by atoms with van der Waals surface area (Å²) in [6, 6.07) is 0. The van der Waals surface area contributed by atoms with E-state index in [0.717, 1.165) is 18.1 Å². The van der Waals surface area contributed by atoms with Gasteiger partial charge in [0.1, 0.15) is 6.33 Å². The van der Waals surface area contributed by atoms with Crippen molar-refractivity contribution in [2.24, 2.45) is 0 Å². The van der Waals surface area contributed by atoms with Crippen molar-refractivity contribution in [2.45, 2.75) is 26.3 Å². The third-order valence-corrected chi connectivity index (χ3v) is 2.31. The molecule has 0 atom stereocenters. The summed E-state index contributed by atoms with van der Waals surface area (Å²) in [5, 5.41) is 1.95. The number of hydrazine groups is 1. The molecule has 0 aliphatic carbocycles. The Hall–Kier alpha value is -1.16. The van der Waals surface area contributed by atoms with Crippen molar-refractivity contribution in [2.75, 3.05) is 12.1 Å². The van der Waals surface area contributed by atoms with Crippen LogP contribution in [0.25, 0.3) is 0 Å². The van der Waals surface area contributed by atoms with E-state index in [4.69, 9.17) is 0 Å². The molecule has 0 aromatic carbocycles. The second kappa shape index (κ2) is 2.96. The first-order valence-corrected chi connectivity index (χ1v) is 4.51. The molecule has 1 aliphatic heterocycles. The van der Waals surface area contributed by atoms with Crippen LogP contribution in [0.4, 0.5) is 5.82 Å². The lowest BCUT2D eigenvalue weighted by atomic mass is 10.1.